The molecule has 9 aromatic carbocycles. The minimum Gasteiger partial charge on any atom is -0.619 e. The summed E-state index contributed by atoms with van der Waals surface area (Å²) in [5.74, 6) is 0.183. The lowest BCUT2D eigenvalue weighted by Gasteiger charge is -2.24. The summed E-state index contributed by atoms with van der Waals surface area (Å²) in [5.41, 5.74) is 26.5. The van der Waals surface area contributed by atoms with E-state index in [1.165, 1.54) is 18.0 Å². The Morgan fingerprint density at radius 3 is 1.04 bits per heavy atom. The minimum atomic E-state index is -0.490. The zero-order chi connectivity index (χ0) is 96.9. The fourth-order valence-electron chi connectivity index (χ4n) is 18.4. The summed E-state index contributed by atoms with van der Waals surface area (Å²) in [6.07, 6.45) is 4.57. The molecule has 12 aromatic rings. The molecule has 0 aliphatic carbocycles. The first kappa shape index (κ1) is 98.1. The highest BCUT2D eigenvalue weighted by molar-refractivity contribution is 5.79. The Morgan fingerprint density at radius 2 is 0.724 bits per heavy atom. The molecule has 4 fully saturated rings. The number of aromatic amines is 1. The van der Waals surface area contributed by atoms with E-state index in [0.29, 0.717) is 59.0 Å². The van der Waals surface area contributed by atoms with E-state index in [9.17, 15) is 47.2 Å². The molecular formula is C111H122F4N10O9. The zero-order valence-corrected chi connectivity index (χ0v) is 80.7. The van der Waals surface area contributed by atoms with Gasteiger partial charge in [-0.3, -0.25) is 19.6 Å². The van der Waals surface area contributed by atoms with Crippen LogP contribution in [0.4, 0.5) is 36.7 Å². The molecule has 23 heteroatoms. The Kier molecular flexibility index (Phi) is 30.6. The summed E-state index contributed by atoms with van der Waals surface area (Å²) in [5, 5.41) is 20.6. The second-order valence-corrected chi connectivity index (χ2v) is 37.7. The van der Waals surface area contributed by atoms with Gasteiger partial charge >= 0.3 is 24.4 Å². The highest BCUT2D eigenvalue weighted by atomic mass is 19.1. The molecule has 4 amide bonds. The van der Waals surface area contributed by atoms with Crippen LogP contribution in [0.3, 0.4) is 0 Å². The lowest BCUT2D eigenvalue weighted by molar-refractivity contribution is -0.605. The maximum Gasteiger partial charge on any atom is 0.411 e. The summed E-state index contributed by atoms with van der Waals surface area (Å²) in [4.78, 5) is 71.8. The summed E-state index contributed by atoms with van der Waals surface area (Å²) >= 11 is 0. The largest absolute Gasteiger partial charge is 0.619 e. The predicted molar refractivity (Wildman–Crippen MR) is 515 cm³/mol. The molecule has 698 valence electrons. The number of carbonyl (C=O) groups excluding carboxylic acids is 4. The van der Waals surface area contributed by atoms with Crippen LogP contribution in [0.15, 0.2) is 201 Å². The molecule has 0 bridgehead atoms. The third-order valence-electron chi connectivity index (χ3n) is 25.9. The van der Waals surface area contributed by atoms with E-state index in [2.05, 4.69) is 81.4 Å². The van der Waals surface area contributed by atoms with E-state index in [-0.39, 0.29) is 95.1 Å². The molecular weight excluding hydrogens is 1690 g/mol. The molecule has 19 nitrogen and oxygen atoms in total. The molecule has 0 radical (unpaired) electrons. The van der Waals surface area contributed by atoms with Gasteiger partial charge in [-0.15, -0.1) is 0 Å². The monoisotopic (exact) mass is 1810 g/mol. The average Bonchev–Trinajstić information content (AvgIpc) is 1.43. The van der Waals surface area contributed by atoms with Crippen molar-refractivity contribution in [3.8, 4) is 50.6 Å². The van der Waals surface area contributed by atoms with Crippen molar-refractivity contribution < 1.29 is 60.4 Å². The number of aromatic nitrogens is 4. The maximum absolute atomic E-state index is 14.6. The van der Waals surface area contributed by atoms with Gasteiger partial charge in [-0.1, -0.05) is 175 Å². The average molecular weight is 1820 g/mol. The van der Waals surface area contributed by atoms with Crippen molar-refractivity contribution in [2.75, 3.05) is 14.1 Å². The van der Waals surface area contributed by atoms with Crippen LogP contribution in [0.2, 0.25) is 0 Å². The normalized spacial score (nSPS) is 18.1. The number of rotatable bonds is 22. The lowest BCUT2D eigenvalue weighted by Crippen LogP contribution is -2.32. The van der Waals surface area contributed by atoms with E-state index in [0.717, 1.165) is 135 Å². The third kappa shape index (κ3) is 21.9. The molecule has 8 atom stereocenters. The predicted octanol–water partition coefficient (Wildman–Crippen LogP) is 25.9. The number of benzene rings is 9. The van der Waals surface area contributed by atoms with E-state index >= 15 is 0 Å². The molecule has 3 aromatic heterocycles. The van der Waals surface area contributed by atoms with Crippen molar-refractivity contribution in [1.82, 2.24) is 39.5 Å². The van der Waals surface area contributed by atoms with Crippen molar-refractivity contribution in [2.24, 2.45) is 0 Å². The Morgan fingerprint density at radius 1 is 0.403 bits per heavy atom. The number of cyclic esters (lactones) is 4. The van der Waals surface area contributed by atoms with Crippen LogP contribution in [-0.2, 0) is 51.7 Å². The first-order valence-corrected chi connectivity index (χ1v) is 45.9. The number of amides is 4. The summed E-state index contributed by atoms with van der Waals surface area (Å²) < 4.78 is 81.8. The van der Waals surface area contributed by atoms with E-state index in [1.807, 2.05) is 223 Å². The molecule has 0 spiro atoms. The van der Waals surface area contributed by atoms with Crippen LogP contribution in [0.25, 0.3) is 44.5 Å². The minimum absolute atomic E-state index is 0.0567. The Labute approximate surface area is 785 Å². The van der Waals surface area contributed by atoms with Crippen molar-refractivity contribution in [3.05, 3.63) is 352 Å². The number of H-pyrrole nitrogens is 1. The van der Waals surface area contributed by atoms with E-state index in [1.54, 1.807) is 81.8 Å². The van der Waals surface area contributed by atoms with Crippen molar-refractivity contribution in [3.63, 3.8) is 0 Å². The van der Waals surface area contributed by atoms with Gasteiger partial charge in [0, 0.05) is 42.8 Å². The van der Waals surface area contributed by atoms with Crippen molar-refractivity contribution in [2.45, 2.75) is 243 Å². The maximum atomic E-state index is 14.6. The van der Waals surface area contributed by atoms with Gasteiger partial charge in [0.15, 0.2) is 18.5 Å². The van der Waals surface area contributed by atoms with Crippen LogP contribution in [0.1, 0.15) is 254 Å². The number of pyridine rings is 2. The number of imidazole rings is 1. The van der Waals surface area contributed by atoms with Gasteiger partial charge in [0.25, 0.3) is 0 Å². The Bertz CT molecular complexity index is 6390. The van der Waals surface area contributed by atoms with Gasteiger partial charge in [0.1, 0.15) is 59.2 Å². The highest BCUT2D eigenvalue weighted by Gasteiger charge is 2.45. The number of nitrogens with zero attached hydrogens (tertiary/aromatic N) is 9. The number of nitriles is 1. The molecule has 4 saturated heterocycles. The van der Waals surface area contributed by atoms with Gasteiger partial charge in [0.2, 0.25) is 0 Å². The van der Waals surface area contributed by atoms with Gasteiger partial charge in [-0.2, -0.15) is 9.99 Å². The highest BCUT2D eigenvalue weighted by Crippen LogP contribution is 2.44. The smallest absolute Gasteiger partial charge is 0.411 e. The Balaban J connectivity index is 0.000000152. The molecule has 16 rings (SSSR count). The quantitative estimate of drug-likeness (QED) is 0.0290. The van der Waals surface area contributed by atoms with Crippen LogP contribution in [0, 0.1) is 95.2 Å². The van der Waals surface area contributed by atoms with Crippen LogP contribution >= 0.6 is 0 Å². The standard InChI is InChI=1S/C31H37FN2O2.C28H28FN3O2.C27H29FN2O3.C25H28FN3O2/c1-19(2)27-16-28(21(4)14-29(27)32)26-12-11-20(3)13-25(26)18-34-22(5)30(36-31(34)35)24-10-8-9-23(15-24)17-33(6)7;1-16(2)24-13-25(18(4)11-26(24)29)23-7-6-17(3)10-21(23)15-32-19(5)27(34-28(32)33)20-8-9-31-22(12-20)14-30;1-16(2)23-14-24(18(4)13-25(23)28)22-7-6-17(3)12-21(22)15-30-19(5)26(33-27(30)31)20-8-10-29(32)11-9-20;1-14(2)20-12-21(16(4)11-22(20)26)19-7-6-15(3)10-18(19)13-29-17(5)23(31-25(29)30)24-27-8-9-28-24/h8-16,19,22,30H,17-18H2,1-7H3;6-13,16,19,27H,15H2,1-5H3;6-14,16,19,26H,15H2,1-5H3;6-12,14,17,23H,13H2,1-5H3,(H,27,28)/t22-,30-;19-,27-;19-,26-;17-,23-/m0000/s1. The van der Waals surface area contributed by atoms with E-state index < -0.39 is 30.5 Å². The lowest BCUT2D eigenvalue weighted by atomic mass is 9.90. The van der Waals surface area contributed by atoms with Crippen LogP contribution < -0.4 is 4.73 Å². The summed E-state index contributed by atoms with van der Waals surface area (Å²) in [7, 11) is 4.08. The number of hydrogen-bond donors (Lipinski definition) is 1. The van der Waals surface area contributed by atoms with Gasteiger partial charge in [-0.25, -0.2) is 46.7 Å². The number of hydrogen-bond acceptors (Lipinski definition) is 13. The molecule has 4 aliphatic heterocycles. The Hall–Kier alpha value is -13.5. The molecule has 0 saturated carbocycles. The topological polar surface area (TPSA) is 214 Å². The van der Waals surface area contributed by atoms with Crippen molar-refractivity contribution in [1.29, 1.82) is 5.26 Å². The molecule has 0 unspecified atom stereocenters. The number of aryl methyl sites for hydroxylation is 8. The van der Waals surface area contributed by atoms with Crippen LogP contribution in [0.5, 0.6) is 0 Å². The molecule has 1 N–H and O–H groups in total. The van der Waals surface area contributed by atoms with Crippen LogP contribution in [-0.4, -0.2) is 102 Å². The number of halogens is 4. The summed E-state index contributed by atoms with van der Waals surface area (Å²) in [6, 6.07) is 55.3. The molecule has 134 heavy (non-hydrogen) atoms. The first-order valence-electron chi connectivity index (χ1n) is 45.9. The van der Waals surface area contributed by atoms with Gasteiger partial charge < -0.3 is 34.0 Å². The number of ether oxygens (including phenoxy) is 4. The SMILES string of the molecule is Cc1ccc(-c2cc(C(C)C)c(F)cc2C)c(CN2C(=O)O[C@H](c3cc[n+]([O-])cc3)[C@@H]2C)c1.Cc1ccc(-c2cc(C(C)C)c(F)cc2C)c(CN2C(=O)O[C@H](c3cccc(CN(C)C)c3)[C@@H]2C)c1.Cc1ccc(-c2cc(C(C)C)c(F)cc2C)c(CN2C(=O)O[C@H](c3ccnc(C#N)c3)[C@@H]2C)c1.Cc1ccc(-c2cc(C(C)C)c(F)cc2C)c(CN2C(=O)O[C@H](c3ncc[nH]3)[C@@H]2C)c1. The zero-order valence-electron chi connectivity index (χ0n) is 80.7. The number of carbonyl (C=O) groups is 4. The first-order chi connectivity index (χ1) is 63.6. The summed E-state index contributed by atoms with van der Waals surface area (Å²) in [6.45, 7) is 42.0. The third-order valence-corrected chi connectivity index (χ3v) is 25.9. The fourth-order valence-corrected chi connectivity index (χ4v) is 18.4. The fraction of sp³-hybridized carbons (Fsp3) is 0.351. The van der Waals surface area contributed by atoms with E-state index in [4.69, 9.17) is 18.9 Å². The van der Waals surface area contributed by atoms with Gasteiger partial charge in [-0.05, 0) is 309 Å². The number of nitrogens with one attached hydrogen (secondary N) is 1. The second kappa shape index (κ2) is 41.8. The van der Waals surface area contributed by atoms with Crippen molar-refractivity contribution >= 4 is 24.4 Å². The van der Waals surface area contributed by atoms with Gasteiger partial charge in [0.05, 0.1) is 50.3 Å². The molecule has 4 aliphatic rings. The molecule has 7 heterocycles. The second-order valence-electron chi connectivity index (χ2n) is 37.7.